The third kappa shape index (κ3) is 6.15. The van der Waals surface area contributed by atoms with Gasteiger partial charge in [-0.1, -0.05) is 0 Å². The van der Waals surface area contributed by atoms with Crippen molar-refractivity contribution in [3.63, 3.8) is 0 Å². The molecule has 1 saturated heterocycles. The van der Waals surface area contributed by atoms with Gasteiger partial charge >= 0.3 is 128 Å². The molecule has 0 atom stereocenters. The minimum absolute atomic E-state index is 0.0868. The Labute approximate surface area is 129 Å². The van der Waals surface area contributed by atoms with Gasteiger partial charge in [0.25, 0.3) is 0 Å². The van der Waals surface area contributed by atoms with Crippen molar-refractivity contribution < 1.29 is 51.0 Å². The fraction of sp³-hybridized carbons (Fsp3) is 0.778. The van der Waals surface area contributed by atoms with E-state index >= 15 is 0 Å². The van der Waals surface area contributed by atoms with Crippen LogP contribution in [0.3, 0.4) is 0 Å². The molecule has 0 N–H and O–H groups in total. The molecule has 0 unspecified atom stereocenters. The van der Waals surface area contributed by atoms with E-state index in [1.165, 1.54) is 0 Å². The van der Waals surface area contributed by atoms with Crippen molar-refractivity contribution in [1.82, 2.24) is 4.90 Å². The molecular weight excluding hydrogens is 405 g/mol. The van der Waals surface area contributed by atoms with Crippen LogP contribution in [0.2, 0.25) is 0 Å². The van der Waals surface area contributed by atoms with Gasteiger partial charge in [-0.05, 0) is 0 Å². The summed E-state index contributed by atoms with van der Waals surface area (Å²) in [4.78, 5) is 23.4. The summed E-state index contributed by atoms with van der Waals surface area (Å²) >= 11 is -5.91. The second kappa shape index (κ2) is 7.23. The van der Waals surface area contributed by atoms with Crippen molar-refractivity contribution in [3.05, 3.63) is 0 Å². The zero-order valence-corrected chi connectivity index (χ0v) is 13.6. The van der Waals surface area contributed by atoms with Crippen molar-refractivity contribution in [2.24, 2.45) is 0 Å². The van der Waals surface area contributed by atoms with Crippen LogP contribution in [0.15, 0.2) is 0 Å². The van der Waals surface area contributed by atoms with E-state index in [4.69, 9.17) is 7.53 Å². The van der Waals surface area contributed by atoms with Gasteiger partial charge in [-0.25, -0.2) is 0 Å². The van der Waals surface area contributed by atoms with E-state index in [0.29, 0.717) is 0 Å². The van der Waals surface area contributed by atoms with Crippen molar-refractivity contribution in [3.8, 4) is 0 Å². The van der Waals surface area contributed by atoms with E-state index in [1.807, 2.05) is 0 Å². The Morgan fingerprint density at radius 1 is 0.913 bits per heavy atom. The average molecular weight is 416 g/mol. The summed E-state index contributed by atoms with van der Waals surface area (Å²) < 4.78 is 90.8. The molecule has 14 heteroatoms. The number of carbonyl (C=O) groups excluding carboxylic acids is 2. The molecule has 0 aliphatic carbocycles. The fourth-order valence-electron chi connectivity index (χ4n) is 1.29. The first-order valence-corrected chi connectivity index (χ1v) is 9.35. The molecule has 0 spiro atoms. The molecule has 134 valence electrons. The van der Waals surface area contributed by atoms with Crippen LogP contribution in [0.25, 0.3) is 0 Å². The molecule has 23 heavy (non-hydrogen) atoms. The molecule has 1 fully saturated rings. The third-order valence-electron chi connectivity index (χ3n) is 2.40. The van der Waals surface area contributed by atoms with Crippen molar-refractivity contribution in [2.75, 3.05) is 33.4 Å². The average Bonchev–Trinajstić information content (AvgIpc) is 2.34. The topological polar surface area (TPSA) is 74.3 Å². The number of hydrogen-bond donors (Lipinski definition) is 0. The van der Waals surface area contributed by atoms with E-state index in [-0.39, 0.29) is 13.1 Å². The van der Waals surface area contributed by atoms with Gasteiger partial charge < -0.3 is 0 Å². The van der Waals surface area contributed by atoms with Crippen LogP contribution in [0, 0.1) is 0 Å². The summed E-state index contributed by atoms with van der Waals surface area (Å²) in [5, 5.41) is 0. The van der Waals surface area contributed by atoms with Gasteiger partial charge in [0.05, 0.1) is 0 Å². The van der Waals surface area contributed by atoms with Crippen LogP contribution in [-0.2, 0) is 24.6 Å². The zero-order valence-electron chi connectivity index (χ0n) is 11.5. The van der Waals surface area contributed by atoms with E-state index in [2.05, 4.69) is 7.53 Å². The Kier molecular flexibility index (Phi) is 6.28. The molecule has 0 bridgehead atoms. The summed E-state index contributed by atoms with van der Waals surface area (Å²) in [6, 6.07) is 0. The molecule has 0 aromatic carbocycles. The maximum atomic E-state index is 12.3. The molecule has 1 aliphatic rings. The molecule has 1 heterocycles. The Morgan fingerprint density at radius 3 is 1.57 bits per heavy atom. The zero-order chi connectivity index (χ0) is 17.9. The van der Waals surface area contributed by atoms with Gasteiger partial charge in [0.2, 0.25) is 0 Å². The van der Waals surface area contributed by atoms with Crippen molar-refractivity contribution in [2.45, 2.75) is 12.4 Å². The first-order valence-electron chi connectivity index (χ1n) is 5.92. The predicted octanol–water partition coefficient (Wildman–Crippen LogP) is 0.612. The Bertz CT molecular complexity index is 415. The third-order valence-corrected chi connectivity index (χ3v) is 6.57. The van der Waals surface area contributed by atoms with E-state index < -0.39 is 52.1 Å². The Balaban J connectivity index is 2.99. The van der Waals surface area contributed by atoms with Crippen LogP contribution in [0.1, 0.15) is 0 Å². The van der Waals surface area contributed by atoms with Crippen LogP contribution in [0.5, 0.6) is 0 Å². The van der Waals surface area contributed by atoms with Crippen LogP contribution >= 0.6 is 0 Å². The number of alkyl halides is 6. The van der Waals surface area contributed by atoms with Crippen LogP contribution < -0.4 is 0 Å². The number of carbonyl (C=O) groups is 2. The molecular formula is C9H11F6GeNO6. The standard InChI is InChI=1S/C9H11F6GeNO6/c1-17-2-4-20-16(21-5-3-17,22-6(18)8(10,11)12)23-7(19)9(13,14)15/h2-5H2,1H3. The SMILES string of the molecule is CN1CC[O][Ge]([O]C(=O)C(F)(F)F)([O]C(=O)C(F)(F)F)[O]CC1. The molecule has 7 nitrogen and oxygen atoms in total. The van der Waals surface area contributed by atoms with E-state index in [0.717, 1.165) is 0 Å². The number of halogens is 6. The van der Waals surface area contributed by atoms with Gasteiger partial charge in [0.15, 0.2) is 0 Å². The van der Waals surface area contributed by atoms with E-state index in [1.54, 1.807) is 11.9 Å². The normalized spacial score (nSPS) is 20.3. The molecule has 0 radical (unpaired) electrons. The van der Waals surface area contributed by atoms with Gasteiger partial charge in [-0.2, -0.15) is 0 Å². The second-order valence-corrected chi connectivity index (χ2v) is 8.44. The van der Waals surface area contributed by atoms with Crippen LogP contribution in [-0.4, -0.2) is 77.2 Å². The van der Waals surface area contributed by atoms with Gasteiger partial charge in [0, 0.05) is 0 Å². The van der Waals surface area contributed by atoms with Gasteiger partial charge in [-0.3, -0.25) is 0 Å². The fourth-order valence-corrected chi connectivity index (χ4v) is 4.92. The summed E-state index contributed by atoms with van der Waals surface area (Å²) in [5.41, 5.74) is 0. The number of likely N-dealkylation sites (N-methyl/N-ethyl adjacent to an activating group) is 1. The molecule has 0 aromatic heterocycles. The number of nitrogens with zero attached hydrogens (tertiary/aromatic N) is 1. The minimum atomic E-state index is -5.91. The molecule has 1 rings (SSSR count). The second-order valence-electron chi connectivity index (χ2n) is 4.27. The first-order chi connectivity index (χ1) is 10.4. The quantitative estimate of drug-likeness (QED) is 0.483. The number of rotatable bonds is 2. The molecule has 0 amide bonds. The summed E-state index contributed by atoms with van der Waals surface area (Å²) in [6.45, 7) is -0.730. The molecule has 0 saturated carbocycles. The monoisotopic (exact) mass is 417 g/mol. The van der Waals surface area contributed by atoms with Crippen LogP contribution in [0.4, 0.5) is 26.3 Å². The van der Waals surface area contributed by atoms with E-state index in [9.17, 15) is 35.9 Å². The number of hydrogen-bond acceptors (Lipinski definition) is 7. The summed E-state index contributed by atoms with van der Waals surface area (Å²) in [7, 11) is 1.58. The van der Waals surface area contributed by atoms with Gasteiger partial charge in [-0.15, -0.1) is 0 Å². The Morgan fingerprint density at radius 2 is 1.26 bits per heavy atom. The van der Waals surface area contributed by atoms with Crippen molar-refractivity contribution >= 4 is 26.6 Å². The molecule has 0 aromatic rings. The molecule has 1 aliphatic heterocycles. The first kappa shape index (κ1) is 20.0. The predicted molar refractivity (Wildman–Crippen MR) is 59.4 cm³/mol. The van der Waals surface area contributed by atoms with Gasteiger partial charge in [0.1, 0.15) is 0 Å². The van der Waals surface area contributed by atoms with Crippen molar-refractivity contribution in [1.29, 1.82) is 0 Å². The Hall–Kier alpha value is -1.06. The maximum absolute atomic E-state index is 12.3. The summed E-state index contributed by atoms with van der Waals surface area (Å²) in [6.07, 6.45) is -11.0. The summed E-state index contributed by atoms with van der Waals surface area (Å²) in [5.74, 6) is -5.72.